The Balaban J connectivity index is 1.96. The van der Waals surface area contributed by atoms with Gasteiger partial charge in [0.05, 0.1) is 21.3 Å². The average molecular weight is 570 g/mol. The molecule has 188 valence electrons. The minimum absolute atomic E-state index is 0.0188. The van der Waals surface area contributed by atoms with Crippen LogP contribution in [0.1, 0.15) is 24.5 Å². The summed E-state index contributed by atoms with van der Waals surface area (Å²) in [7, 11) is -11.7. The van der Waals surface area contributed by atoms with Gasteiger partial charge >= 0.3 is 0 Å². The van der Waals surface area contributed by atoms with Crippen LogP contribution in [0.5, 0.6) is 0 Å². The van der Waals surface area contributed by atoms with Crippen molar-refractivity contribution in [1.29, 1.82) is 0 Å². The van der Waals surface area contributed by atoms with Crippen LogP contribution in [0.2, 0.25) is 10.0 Å². The van der Waals surface area contributed by atoms with Crippen LogP contribution in [0.4, 0.5) is 0 Å². The van der Waals surface area contributed by atoms with E-state index in [1.807, 2.05) is 0 Å². The SMILES string of the molecule is Cc1ccc(Cl)cc1S(=O)(=O)NCCN([C@@]1(C)CCS(=O)(=O)C1)S(=O)(=O)c1cc(Cl)ccc1C. The largest absolute Gasteiger partial charge is 0.243 e. The number of rotatable bonds is 8. The molecule has 0 bridgehead atoms. The van der Waals surface area contributed by atoms with Crippen LogP contribution in [0.3, 0.4) is 0 Å². The third-order valence-electron chi connectivity index (χ3n) is 5.85. The van der Waals surface area contributed by atoms with E-state index in [9.17, 15) is 25.3 Å². The molecule has 8 nitrogen and oxygen atoms in total. The third kappa shape index (κ3) is 5.77. The molecule has 1 aliphatic heterocycles. The number of nitrogens with one attached hydrogen (secondary N) is 1. The van der Waals surface area contributed by atoms with Crippen LogP contribution in [-0.4, -0.2) is 59.7 Å². The second kappa shape index (κ2) is 9.68. The zero-order valence-corrected chi connectivity index (χ0v) is 22.8. The molecule has 2 aromatic carbocycles. The van der Waals surface area contributed by atoms with E-state index < -0.39 is 35.4 Å². The number of sulfone groups is 1. The summed E-state index contributed by atoms with van der Waals surface area (Å²) in [6.07, 6.45) is 0.0916. The molecule has 2 aromatic rings. The van der Waals surface area contributed by atoms with Gasteiger partial charge in [0.25, 0.3) is 0 Å². The van der Waals surface area contributed by atoms with Crippen molar-refractivity contribution in [3.8, 4) is 0 Å². The Labute approximate surface area is 211 Å². The maximum atomic E-state index is 13.7. The van der Waals surface area contributed by atoms with Crippen molar-refractivity contribution < 1.29 is 25.3 Å². The van der Waals surface area contributed by atoms with Gasteiger partial charge in [-0.05, 0) is 62.6 Å². The summed E-state index contributed by atoms with van der Waals surface area (Å²) in [6.45, 7) is 4.24. The molecule has 1 atom stereocenters. The van der Waals surface area contributed by atoms with Crippen molar-refractivity contribution in [3.05, 3.63) is 57.6 Å². The van der Waals surface area contributed by atoms with Gasteiger partial charge in [0.15, 0.2) is 9.84 Å². The molecular formula is C21H26Cl2N2O6S3. The second-order valence-electron chi connectivity index (χ2n) is 8.63. The second-order valence-corrected chi connectivity index (χ2v) is 15.3. The van der Waals surface area contributed by atoms with Gasteiger partial charge in [0.2, 0.25) is 20.0 Å². The lowest BCUT2D eigenvalue weighted by atomic mass is 10.0. The molecule has 0 spiro atoms. The lowest BCUT2D eigenvalue weighted by Crippen LogP contribution is -2.53. The predicted octanol–water partition coefficient (Wildman–Crippen LogP) is 3.16. The molecule has 0 amide bonds. The molecule has 34 heavy (non-hydrogen) atoms. The highest BCUT2D eigenvalue weighted by Crippen LogP contribution is 2.35. The van der Waals surface area contributed by atoms with Crippen molar-refractivity contribution in [1.82, 2.24) is 9.03 Å². The van der Waals surface area contributed by atoms with Crippen LogP contribution in [0, 0.1) is 13.8 Å². The maximum absolute atomic E-state index is 13.7. The highest BCUT2D eigenvalue weighted by Gasteiger charge is 2.48. The highest BCUT2D eigenvalue weighted by molar-refractivity contribution is 7.92. The molecule has 0 aromatic heterocycles. The van der Waals surface area contributed by atoms with Crippen LogP contribution in [0.15, 0.2) is 46.2 Å². The summed E-state index contributed by atoms with van der Waals surface area (Å²) in [5.74, 6) is -0.517. The Bertz CT molecular complexity index is 1430. The number of aryl methyl sites for hydroxylation is 2. The molecule has 0 saturated carbocycles. The summed E-state index contributed by atoms with van der Waals surface area (Å²) in [5, 5.41) is 0.459. The van der Waals surface area contributed by atoms with Crippen LogP contribution in [0.25, 0.3) is 0 Å². The van der Waals surface area contributed by atoms with E-state index in [2.05, 4.69) is 4.72 Å². The summed E-state index contributed by atoms with van der Waals surface area (Å²) < 4.78 is 81.1. The Hall–Kier alpha value is -1.21. The molecule has 1 saturated heterocycles. The zero-order chi connectivity index (χ0) is 25.5. The number of hydrogen-bond donors (Lipinski definition) is 1. The molecule has 0 radical (unpaired) electrons. The van der Waals surface area contributed by atoms with Crippen LogP contribution >= 0.6 is 23.2 Å². The standard InChI is InChI=1S/C21H26Cl2N2O6S3/c1-15-4-6-17(22)12-19(15)33(28,29)24-9-10-25(21(3)8-11-32(26,27)14-21)34(30,31)20-13-18(23)7-5-16(20)2/h4-7,12-13,24H,8-11,14H2,1-3H3/t21-/m0/s1. The van der Waals surface area contributed by atoms with E-state index in [0.29, 0.717) is 11.1 Å². The molecule has 1 aliphatic rings. The van der Waals surface area contributed by atoms with E-state index in [1.54, 1.807) is 45.0 Å². The Morgan fingerprint density at radius 1 is 0.971 bits per heavy atom. The van der Waals surface area contributed by atoms with Crippen molar-refractivity contribution in [3.63, 3.8) is 0 Å². The topological polar surface area (TPSA) is 118 Å². The number of benzene rings is 2. The van der Waals surface area contributed by atoms with Gasteiger partial charge in [0.1, 0.15) is 0 Å². The van der Waals surface area contributed by atoms with E-state index in [1.165, 1.54) is 12.1 Å². The minimum atomic E-state index is -4.22. The first-order valence-electron chi connectivity index (χ1n) is 10.3. The average Bonchev–Trinajstić information content (AvgIpc) is 3.01. The van der Waals surface area contributed by atoms with E-state index in [4.69, 9.17) is 23.2 Å². The zero-order valence-electron chi connectivity index (χ0n) is 18.9. The lowest BCUT2D eigenvalue weighted by Gasteiger charge is -2.36. The Kier molecular flexibility index (Phi) is 7.80. The third-order valence-corrected chi connectivity index (χ3v) is 12.0. The first-order chi connectivity index (χ1) is 15.6. The monoisotopic (exact) mass is 568 g/mol. The first-order valence-corrected chi connectivity index (χ1v) is 15.8. The van der Waals surface area contributed by atoms with Crippen molar-refractivity contribution in [2.45, 2.75) is 42.5 Å². The molecule has 1 fully saturated rings. The Morgan fingerprint density at radius 2 is 1.50 bits per heavy atom. The number of hydrogen-bond acceptors (Lipinski definition) is 6. The minimum Gasteiger partial charge on any atom is -0.229 e. The molecular weight excluding hydrogens is 543 g/mol. The van der Waals surface area contributed by atoms with Gasteiger partial charge in [-0.15, -0.1) is 0 Å². The number of nitrogens with zero attached hydrogens (tertiary/aromatic N) is 1. The fourth-order valence-electron chi connectivity index (χ4n) is 4.06. The summed E-state index contributed by atoms with van der Waals surface area (Å²) in [5.41, 5.74) is -0.331. The van der Waals surface area contributed by atoms with Crippen LogP contribution in [-0.2, 0) is 29.9 Å². The summed E-state index contributed by atoms with van der Waals surface area (Å²) in [6, 6.07) is 8.88. The highest BCUT2D eigenvalue weighted by atomic mass is 35.5. The van der Waals surface area contributed by atoms with Gasteiger partial charge in [-0.2, -0.15) is 4.31 Å². The van der Waals surface area contributed by atoms with Gasteiger partial charge in [0, 0.05) is 28.7 Å². The van der Waals surface area contributed by atoms with Crippen molar-refractivity contribution in [2.24, 2.45) is 0 Å². The summed E-state index contributed by atoms with van der Waals surface area (Å²) in [4.78, 5) is -0.0752. The smallest absolute Gasteiger partial charge is 0.229 e. The van der Waals surface area contributed by atoms with Gasteiger partial charge < -0.3 is 0 Å². The first kappa shape index (κ1) is 27.4. The maximum Gasteiger partial charge on any atom is 0.243 e. The quantitative estimate of drug-likeness (QED) is 0.522. The number of halogens is 2. The van der Waals surface area contributed by atoms with Gasteiger partial charge in [-0.3, -0.25) is 0 Å². The lowest BCUT2D eigenvalue weighted by molar-refractivity contribution is 0.236. The molecule has 1 N–H and O–H groups in total. The molecule has 0 unspecified atom stereocenters. The van der Waals surface area contributed by atoms with Gasteiger partial charge in [-0.25, -0.2) is 30.0 Å². The predicted molar refractivity (Wildman–Crippen MR) is 133 cm³/mol. The van der Waals surface area contributed by atoms with Gasteiger partial charge in [-0.1, -0.05) is 35.3 Å². The fraction of sp³-hybridized carbons (Fsp3) is 0.429. The van der Waals surface area contributed by atoms with E-state index in [0.717, 1.165) is 4.31 Å². The van der Waals surface area contributed by atoms with E-state index >= 15 is 0 Å². The Morgan fingerprint density at radius 3 is 2.03 bits per heavy atom. The van der Waals surface area contributed by atoms with Crippen molar-refractivity contribution >= 4 is 53.1 Å². The summed E-state index contributed by atoms with van der Waals surface area (Å²) >= 11 is 12.0. The molecule has 3 rings (SSSR count). The molecule has 1 heterocycles. The normalized spacial score (nSPS) is 20.6. The molecule has 13 heteroatoms. The number of sulfonamides is 2. The fourth-order valence-corrected chi connectivity index (χ4v) is 10.1. The molecule has 0 aliphatic carbocycles. The van der Waals surface area contributed by atoms with E-state index in [-0.39, 0.29) is 50.9 Å². The van der Waals surface area contributed by atoms with Crippen LogP contribution < -0.4 is 4.72 Å². The van der Waals surface area contributed by atoms with Crippen molar-refractivity contribution in [2.75, 3.05) is 24.6 Å².